The van der Waals surface area contributed by atoms with Gasteiger partial charge in [-0.1, -0.05) is 29.8 Å². The average Bonchev–Trinajstić information content (AvgIpc) is 2.99. The molecule has 0 radical (unpaired) electrons. The predicted molar refractivity (Wildman–Crippen MR) is 114 cm³/mol. The van der Waals surface area contributed by atoms with E-state index in [2.05, 4.69) is 11.4 Å². The third kappa shape index (κ3) is 6.32. The van der Waals surface area contributed by atoms with E-state index in [9.17, 15) is 14.7 Å². The van der Waals surface area contributed by atoms with Crippen molar-refractivity contribution in [2.24, 2.45) is 5.92 Å². The molecule has 1 unspecified atom stereocenters. The van der Waals surface area contributed by atoms with Gasteiger partial charge in [0.1, 0.15) is 0 Å². The van der Waals surface area contributed by atoms with Gasteiger partial charge >= 0.3 is 0 Å². The van der Waals surface area contributed by atoms with Crippen molar-refractivity contribution in [3.63, 3.8) is 0 Å². The minimum atomic E-state index is -0.194. The molecule has 1 heterocycles. The maximum absolute atomic E-state index is 12.5. The number of hydrogen-bond acceptors (Lipinski definition) is 5. The molecule has 1 amide bonds. The van der Waals surface area contributed by atoms with Crippen LogP contribution in [-0.4, -0.2) is 43.2 Å². The van der Waals surface area contributed by atoms with E-state index in [-0.39, 0.29) is 37.1 Å². The van der Waals surface area contributed by atoms with Gasteiger partial charge in [-0.15, -0.1) is 0 Å². The number of nitrogens with one attached hydrogen (secondary N) is 1. The van der Waals surface area contributed by atoms with Gasteiger partial charge < -0.3 is 19.9 Å². The first kappa shape index (κ1) is 21.8. The summed E-state index contributed by atoms with van der Waals surface area (Å²) in [6.45, 7) is 3.55. The molecule has 1 atom stereocenters. The van der Waals surface area contributed by atoms with Crippen molar-refractivity contribution in [2.75, 3.05) is 26.4 Å². The Morgan fingerprint density at radius 2 is 1.87 bits per heavy atom. The second-order valence-corrected chi connectivity index (χ2v) is 7.68. The SMILES string of the molecule is Cc1cccc(CC(CO)CNC(=O)CCC(=O)c2ccc3c(c2)OCCCO3)c1. The van der Waals surface area contributed by atoms with Gasteiger partial charge in [-0.2, -0.15) is 0 Å². The summed E-state index contributed by atoms with van der Waals surface area (Å²) in [4.78, 5) is 24.7. The lowest BCUT2D eigenvalue weighted by Gasteiger charge is -2.15. The first-order valence-electron chi connectivity index (χ1n) is 10.4. The Morgan fingerprint density at radius 1 is 1.07 bits per heavy atom. The van der Waals surface area contributed by atoms with Crippen molar-refractivity contribution < 1.29 is 24.2 Å². The van der Waals surface area contributed by atoms with E-state index < -0.39 is 0 Å². The Kier molecular flexibility index (Phi) is 7.85. The highest BCUT2D eigenvalue weighted by Crippen LogP contribution is 2.30. The van der Waals surface area contributed by atoms with Gasteiger partial charge in [0.15, 0.2) is 17.3 Å². The van der Waals surface area contributed by atoms with E-state index in [1.165, 1.54) is 5.56 Å². The van der Waals surface area contributed by atoms with Crippen molar-refractivity contribution in [1.82, 2.24) is 5.32 Å². The molecule has 0 saturated heterocycles. The van der Waals surface area contributed by atoms with Crippen LogP contribution in [0.4, 0.5) is 0 Å². The fraction of sp³-hybridized carbons (Fsp3) is 0.417. The molecule has 160 valence electrons. The molecule has 0 fully saturated rings. The molecule has 0 saturated carbocycles. The zero-order valence-corrected chi connectivity index (χ0v) is 17.4. The highest BCUT2D eigenvalue weighted by Gasteiger charge is 2.16. The Bertz CT molecular complexity index is 880. The Hall–Kier alpha value is -2.86. The van der Waals surface area contributed by atoms with Gasteiger partial charge in [-0.05, 0) is 37.1 Å². The lowest BCUT2D eigenvalue weighted by molar-refractivity contribution is -0.121. The van der Waals surface area contributed by atoms with E-state index in [1.54, 1.807) is 18.2 Å². The van der Waals surface area contributed by atoms with Crippen LogP contribution >= 0.6 is 0 Å². The van der Waals surface area contributed by atoms with E-state index >= 15 is 0 Å². The molecule has 0 aliphatic carbocycles. The number of ketones is 1. The van der Waals surface area contributed by atoms with E-state index in [0.717, 1.165) is 12.0 Å². The third-order valence-electron chi connectivity index (χ3n) is 5.10. The van der Waals surface area contributed by atoms with Gasteiger partial charge in [0.05, 0.1) is 13.2 Å². The van der Waals surface area contributed by atoms with E-state index in [0.29, 0.717) is 43.2 Å². The number of carbonyl (C=O) groups excluding carboxylic acids is 2. The van der Waals surface area contributed by atoms with Crippen LogP contribution in [-0.2, 0) is 11.2 Å². The number of fused-ring (bicyclic) bond motifs is 1. The maximum Gasteiger partial charge on any atom is 0.220 e. The van der Waals surface area contributed by atoms with Crippen molar-refractivity contribution in [2.45, 2.75) is 32.6 Å². The number of hydrogen-bond donors (Lipinski definition) is 2. The summed E-state index contributed by atoms with van der Waals surface area (Å²) in [5.41, 5.74) is 2.81. The van der Waals surface area contributed by atoms with E-state index in [4.69, 9.17) is 9.47 Å². The maximum atomic E-state index is 12.5. The topological polar surface area (TPSA) is 84.9 Å². The van der Waals surface area contributed by atoms with Crippen LogP contribution in [0.15, 0.2) is 42.5 Å². The number of rotatable bonds is 9. The van der Waals surface area contributed by atoms with E-state index in [1.807, 2.05) is 25.1 Å². The number of amides is 1. The van der Waals surface area contributed by atoms with Crippen molar-refractivity contribution in [3.8, 4) is 11.5 Å². The minimum Gasteiger partial charge on any atom is -0.490 e. The Labute approximate surface area is 177 Å². The van der Waals surface area contributed by atoms with Crippen LogP contribution < -0.4 is 14.8 Å². The summed E-state index contributed by atoms with van der Waals surface area (Å²) in [5, 5.41) is 12.5. The molecule has 3 rings (SSSR count). The van der Waals surface area contributed by atoms with Crippen LogP contribution in [0.3, 0.4) is 0 Å². The molecular formula is C24H29NO5. The zero-order valence-electron chi connectivity index (χ0n) is 17.4. The molecule has 0 aromatic heterocycles. The van der Waals surface area contributed by atoms with Crippen molar-refractivity contribution >= 4 is 11.7 Å². The van der Waals surface area contributed by atoms with Crippen LogP contribution in [0.5, 0.6) is 11.5 Å². The van der Waals surface area contributed by atoms with Gasteiger partial charge in [0.2, 0.25) is 5.91 Å². The highest BCUT2D eigenvalue weighted by molar-refractivity contribution is 5.98. The summed E-state index contributed by atoms with van der Waals surface area (Å²) in [6, 6.07) is 13.2. The monoisotopic (exact) mass is 411 g/mol. The summed E-state index contributed by atoms with van der Waals surface area (Å²) in [5.74, 6) is 0.850. The molecule has 2 aromatic rings. The summed E-state index contributed by atoms with van der Waals surface area (Å²) >= 11 is 0. The molecular weight excluding hydrogens is 382 g/mol. The van der Waals surface area contributed by atoms with Crippen molar-refractivity contribution in [1.29, 1.82) is 0 Å². The Balaban J connectivity index is 1.45. The number of benzene rings is 2. The van der Waals surface area contributed by atoms with Gasteiger partial charge in [0.25, 0.3) is 0 Å². The normalized spacial score (nSPS) is 13.9. The number of ether oxygens (including phenoxy) is 2. The first-order valence-corrected chi connectivity index (χ1v) is 10.4. The standard InChI is InChI=1S/C24H29NO5/c1-17-4-2-5-18(12-17)13-19(16-26)15-25-24(28)9-7-21(27)20-6-8-22-23(14-20)30-11-3-10-29-22/h2,4-6,8,12,14,19,26H,3,7,9-11,13,15-16H2,1H3,(H,25,28). The molecule has 0 bridgehead atoms. The van der Waals surface area contributed by atoms with Crippen LogP contribution in [0.25, 0.3) is 0 Å². The molecule has 30 heavy (non-hydrogen) atoms. The molecule has 6 nitrogen and oxygen atoms in total. The van der Waals surface area contributed by atoms with Crippen LogP contribution in [0, 0.1) is 12.8 Å². The predicted octanol–water partition coefficient (Wildman–Crippen LogP) is 3.09. The molecule has 6 heteroatoms. The van der Waals surface area contributed by atoms with Crippen molar-refractivity contribution in [3.05, 3.63) is 59.2 Å². The van der Waals surface area contributed by atoms with Gasteiger partial charge in [-0.3, -0.25) is 9.59 Å². The van der Waals surface area contributed by atoms with Gasteiger partial charge in [0, 0.05) is 43.9 Å². The van der Waals surface area contributed by atoms with Crippen LogP contribution in [0.1, 0.15) is 40.7 Å². The smallest absolute Gasteiger partial charge is 0.220 e. The molecule has 2 aromatic carbocycles. The van der Waals surface area contributed by atoms with Gasteiger partial charge in [-0.25, -0.2) is 0 Å². The second-order valence-electron chi connectivity index (χ2n) is 7.68. The lowest BCUT2D eigenvalue weighted by atomic mass is 9.98. The minimum absolute atomic E-state index is 0.00957. The molecule has 1 aliphatic rings. The lowest BCUT2D eigenvalue weighted by Crippen LogP contribution is -2.32. The number of Topliss-reactive ketones (excluding diaryl/α,β-unsaturated/α-hetero) is 1. The second kappa shape index (κ2) is 10.8. The summed E-state index contributed by atoms with van der Waals surface area (Å²) < 4.78 is 11.2. The number of aryl methyl sites for hydroxylation is 1. The summed E-state index contributed by atoms with van der Waals surface area (Å²) in [7, 11) is 0. The third-order valence-corrected chi connectivity index (χ3v) is 5.10. The number of carbonyl (C=O) groups is 2. The number of aliphatic hydroxyl groups is 1. The highest BCUT2D eigenvalue weighted by atomic mass is 16.5. The fourth-order valence-electron chi connectivity index (χ4n) is 3.43. The molecule has 0 spiro atoms. The Morgan fingerprint density at radius 3 is 2.63 bits per heavy atom. The molecule has 1 aliphatic heterocycles. The average molecular weight is 411 g/mol. The quantitative estimate of drug-likeness (QED) is 0.620. The number of aliphatic hydroxyl groups excluding tert-OH is 1. The zero-order chi connectivity index (χ0) is 21.3. The fourth-order valence-corrected chi connectivity index (χ4v) is 3.43. The summed E-state index contributed by atoms with van der Waals surface area (Å²) in [6.07, 6.45) is 1.72. The van der Waals surface area contributed by atoms with Crippen LogP contribution in [0.2, 0.25) is 0 Å². The first-order chi connectivity index (χ1) is 14.5. The largest absolute Gasteiger partial charge is 0.490 e. The molecule has 2 N–H and O–H groups in total.